The Morgan fingerprint density at radius 2 is 0.938 bits per heavy atom. The maximum atomic E-state index is 3.16. The van der Waals surface area contributed by atoms with Crippen LogP contribution in [0.25, 0.3) is 0 Å². The molecule has 0 saturated heterocycles. The third-order valence-electron chi connectivity index (χ3n) is 2.24. The first-order chi connectivity index (χ1) is 7.21. The summed E-state index contributed by atoms with van der Waals surface area (Å²) in [6.45, 7) is 14.3. The van der Waals surface area contributed by atoms with Crippen molar-refractivity contribution in [3.8, 4) is 23.7 Å². The monoisotopic (exact) mass is 250 g/mol. The van der Waals surface area contributed by atoms with Gasteiger partial charge >= 0.3 is 0 Å². The summed E-state index contributed by atoms with van der Waals surface area (Å²) in [7, 11) is -1.81. The number of hydrogen-bond donors (Lipinski definition) is 0. The Morgan fingerprint density at radius 3 is 1.19 bits per heavy atom. The smallest absolute Gasteiger partial charge is 0.0452 e. The highest BCUT2D eigenvalue weighted by molar-refractivity contribution is 6.76. The molecule has 0 aliphatic rings. The van der Waals surface area contributed by atoms with Crippen LogP contribution in [0.2, 0.25) is 51.4 Å². The normalized spacial score (nSPS) is 11.1. The zero-order chi connectivity index (χ0) is 12.7. The lowest BCUT2D eigenvalue weighted by molar-refractivity contribution is 1.20. The average molecular weight is 251 g/mol. The van der Waals surface area contributed by atoms with E-state index in [0.717, 1.165) is 12.8 Å². The first-order valence-electron chi connectivity index (χ1n) is 6.16. The molecular weight excluding hydrogens is 224 g/mol. The predicted molar refractivity (Wildman–Crippen MR) is 81.1 cm³/mol. The SMILES string of the molecule is C[Si](C)(C)CCC#CC#CCC[Si](C)(C)C. The third-order valence-corrected chi connectivity index (χ3v) is 5.74. The van der Waals surface area contributed by atoms with Gasteiger partial charge in [0.05, 0.1) is 0 Å². The molecule has 16 heavy (non-hydrogen) atoms. The number of hydrogen-bond acceptors (Lipinski definition) is 0. The molecule has 0 aliphatic carbocycles. The maximum absolute atomic E-state index is 3.16. The second-order valence-corrected chi connectivity index (χ2v) is 18.0. The highest BCUT2D eigenvalue weighted by Crippen LogP contribution is 2.10. The fourth-order valence-electron chi connectivity index (χ4n) is 1.09. The molecule has 0 rings (SSSR count). The Bertz CT molecular complexity index is 273. The predicted octanol–water partition coefficient (Wildman–Crippen LogP) is 4.45. The fraction of sp³-hybridized carbons (Fsp3) is 0.714. The van der Waals surface area contributed by atoms with Crippen molar-refractivity contribution in [1.82, 2.24) is 0 Å². The van der Waals surface area contributed by atoms with Crippen LogP contribution in [0.4, 0.5) is 0 Å². The van der Waals surface area contributed by atoms with Gasteiger partial charge in [0.1, 0.15) is 0 Å². The molecule has 0 saturated carbocycles. The maximum Gasteiger partial charge on any atom is 0.0452 e. The summed E-state index contributed by atoms with van der Waals surface area (Å²) in [6.07, 6.45) is 2.05. The highest BCUT2D eigenvalue weighted by Gasteiger charge is 2.11. The van der Waals surface area contributed by atoms with Crippen LogP contribution in [0.1, 0.15) is 12.8 Å². The van der Waals surface area contributed by atoms with Crippen molar-refractivity contribution in [2.75, 3.05) is 0 Å². The van der Waals surface area contributed by atoms with Gasteiger partial charge in [-0.05, 0) is 23.9 Å². The molecule has 0 bridgehead atoms. The molecule has 90 valence electrons. The second-order valence-electron chi connectivity index (χ2n) is 6.72. The summed E-state index contributed by atoms with van der Waals surface area (Å²) < 4.78 is 0. The van der Waals surface area contributed by atoms with Crippen molar-refractivity contribution in [2.24, 2.45) is 0 Å². The van der Waals surface area contributed by atoms with Crippen LogP contribution in [0.15, 0.2) is 0 Å². The van der Waals surface area contributed by atoms with Gasteiger partial charge in [-0.2, -0.15) is 0 Å². The highest BCUT2D eigenvalue weighted by atomic mass is 28.3. The molecule has 0 radical (unpaired) electrons. The summed E-state index contributed by atoms with van der Waals surface area (Å²) in [4.78, 5) is 0. The minimum atomic E-state index is -0.903. The molecule has 0 aromatic heterocycles. The van der Waals surface area contributed by atoms with E-state index < -0.39 is 16.1 Å². The summed E-state index contributed by atoms with van der Waals surface area (Å²) >= 11 is 0. The van der Waals surface area contributed by atoms with E-state index in [4.69, 9.17) is 0 Å². The standard InChI is InChI=1S/C14H26Si2/c1-15(2,3)13-11-9-7-8-10-12-14-16(4,5)6/h11-14H2,1-6H3. The Kier molecular flexibility index (Phi) is 6.80. The molecule has 0 unspecified atom stereocenters. The molecule has 0 aromatic rings. The molecule has 0 nitrogen and oxygen atoms in total. The summed E-state index contributed by atoms with van der Waals surface area (Å²) in [5.41, 5.74) is 0. The van der Waals surface area contributed by atoms with Crippen molar-refractivity contribution < 1.29 is 0 Å². The molecule has 0 atom stereocenters. The lowest BCUT2D eigenvalue weighted by Gasteiger charge is -2.12. The Morgan fingerprint density at radius 1 is 0.625 bits per heavy atom. The van der Waals surface area contributed by atoms with Gasteiger partial charge in [0.15, 0.2) is 0 Å². The molecule has 0 N–H and O–H groups in total. The van der Waals surface area contributed by atoms with Crippen LogP contribution < -0.4 is 0 Å². The zero-order valence-electron chi connectivity index (χ0n) is 11.8. The van der Waals surface area contributed by atoms with Gasteiger partial charge in [-0.1, -0.05) is 51.1 Å². The first-order valence-corrected chi connectivity index (χ1v) is 13.6. The topological polar surface area (TPSA) is 0 Å². The van der Waals surface area contributed by atoms with Gasteiger partial charge in [0.25, 0.3) is 0 Å². The quantitative estimate of drug-likeness (QED) is 0.511. The van der Waals surface area contributed by atoms with Crippen LogP contribution >= 0.6 is 0 Å². The lowest BCUT2D eigenvalue weighted by atomic mass is 10.4. The van der Waals surface area contributed by atoms with E-state index in [9.17, 15) is 0 Å². The van der Waals surface area contributed by atoms with Crippen molar-refractivity contribution in [3.63, 3.8) is 0 Å². The largest absolute Gasteiger partial charge is 0.0894 e. The molecule has 2 heteroatoms. The average Bonchev–Trinajstić information content (AvgIpc) is 2.06. The first kappa shape index (κ1) is 15.6. The summed E-state index contributed by atoms with van der Waals surface area (Å²) in [5.74, 6) is 12.3. The molecule has 0 heterocycles. The van der Waals surface area contributed by atoms with Gasteiger partial charge in [-0.15, -0.1) is 0 Å². The van der Waals surface area contributed by atoms with Gasteiger partial charge in [0.2, 0.25) is 0 Å². The minimum absolute atomic E-state index is 0.903. The van der Waals surface area contributed by atoms with Crippen LogP contribution in [0.3, 0.4) is 0 Å². The molecule has 0 fully saturated rings. The van der Waals surface area contributed by atoms with Crippen LogP contribution in [0.5, 0.6) is 0 Å². The fourth-order valence-corrected chi connectivity index (χ4v) is 2.84. The Labute approximate surface area is 104 Å². The van der Waals surface area contributed by atoms with E-state index in [2.05, 4.69) is 63.0 Å². The van der Waals surface area contributed by atoms with Crippen LogP contribution in [-0.2, 0) is 0 Å². The van der Waals surface area contributed by atoms with Gasteiger partial charge in [0, 0.05) is 29.0 Å². The summed E-state index contributed by atoms with van der Waals surface area (Å²) in [6, 6.07) is 2.58. The van der Waals surface area contributed by atoms with Gasteiger partial charge in [-0.3, -0.25) is 0 Å². The molecule has 0 aromatic carbocycles. The Hall–Kier alpha value is -0.446. The van der Waals surface area contributed by atoms with Gasteiger partial charge in [-0.25, -0.2) is 0 Å². The van der Waals surface area contributed by atoms with E-state index in [1.165, 1.54) is 12.1 Å². The van der Waals surface area contributed by atoms with E-state index in [1.54, 1.807) is 0 Å². The molecular formula is C14H26Si2. The van der Waals surface area contributed by atoms with E-state index >= 15 is 0 Å². The Balaban J connectivity index is 3.73. The molecule has 0 aliphatic heterocycles. The molecule has 0 amide bonds. The molecule has 0 spiro atoms. The van der Waals surface area contributed by atoms with Crippen molar-refractivity contribution in [1.29, 1.82) is 0 Å². The van der Waals surface area contributed by atoms with Crippen molar-refractivity contribution in [3.05, 3.63) is 0 Å². The van der Waals surface area contributed by atoms with Crippen LogP contribution in [0, 0.1) is 23.7 Å². The third kappa shape index (κ3) is 13.6. The van der Waals surface area contributed by atoms with Crippen LogP contribution in [-0.4, -0.2) is 16.1 Å². The van der Waals surface area contributed by atoms with Gasteiger partial charge < -0.3 is 0 Å². The zero-order valence-corrected chi connectivity index (χ0v) is 13.8. The number of rotatable bonds is 4. The van der Waals surface area contributed by atoms with Crippen molar-refractivity contribution in [2.45, 2.75) is 64.2 Å². The van der Waals surface area contributed by atoms with Crippen molar-refractivity contribution >= 4 is 16.1 Å². The lowest BCUT2D eigenvalue weighted by Crippen LogP contribution is -2.18. The second kappa shape index (κ2) is 6.99. The minimum Gasteiger partial charge on any atom is -0.0894 e. The van der Waals surface area contributed by atoms with E-state index in [-0.39, 0.29) is 0 Å². The summed E-state index contributed by atoms with van der Waals surface area (Å²) in [5, 5.41) is 0. The van der Waals surface area contributed by atoms with E-state index in [0.29, 0.717) is 0 Å². The van der Waals surface area contributed by atoms with E-state index in [1.807, 2.05) is 0 Å².